The predicted octanol–water partition coefficient (Wildman–Crippen LogP) is 2.91. The Morgan fingerprint density at radius 1 is 1.36 bits per heavy atom. The Bertz CT molecular complexity index is 696. The molecular formula is C13H13Cl2N5OS. The first-order valence-electron chi connectivity index (χ1n) is 6.63. The Kier molecular flexibility index (Phi) is 4.46. The van der Waals surface area contributed by atoms with Crippen LogP contribution in [-0.4, -0.2) is 26.5 Å². The summed E-state index contributed by atoms with van der Waals surface area (Å²) in [7, 11) is 0. The van der Waals surface area contributed by atoms with Crippen molar-refractivity contribution in [2.24, 2.45) is 0 Å². The zero-order chi connectivity index (χ0) is 15.7. The number of nitrogens with two attached hydrogens (primary N) is 1. The fraction of sp³-hybridized carbons (Fsp3) is 0.308. The molecule has 1 amide bonds. The van der Waals surface area contributed by atoms with Crippen LogP contribution in [0.25, 0.3) is 0 Å². The Morgan fingerprint density at radius 3 is 2.68 bits per heavy atom. The Labute approximate surface area is 141 Å². The van der Waals surface area contributed by atoms with E-state index in [1.54, 1.807) is 18.2 Å². The number of anilines is 1. The highest BCUT2D eigenvalue weighted by Crippen LogP contribution is 2.39. The molecule has 1 aliphatic carbocycles. The van der Waals surface area contributed by atoms with E-state index in [9.17, 15) is 4.79 Å². The smallest absolute Gasteiger partial charge is 0.234 e. The van der Waals surface area contributed by atoms with Gasteiger partial charge in [-0.15, -0.1) is 10.2 Å². The van der Waals surface area contributed by atoms with E-state index in [0.717, 1.165) is 18.7 Å². The second kappa shape index (κ2) is 6.36. The minimum absolute atomic E-state index is 0.140. The molecule has 1 aliphatic rings. The maximum Gasteiger partial charge on any atom is 0.234 e. The quantitative estimate of drug-likeness (QED) is 0.634. The number of benzene rings is 1. The number of carbonyl (C=O) groups excluding carboxylic acids is 1. The minimum Gasteiger partial charge on any atom is -0.336 e. The number of thioether (sulfide) groups is 1. The summed E-state index contributed by atoms with van der Waals surface area (Å²) in [5, 5.41) is 12.1. The number of nitrogens with one attached hydrogen (secondary N) is 1. The summed E-state index contributed by atoms with van der Waals surface area (Å²) >= 11 is 13.2. The summed E-state index contributed by atoms with van der Waals surface area (Å²) in [5.41, 5.74) is 0.407. The lowest BCUT2D eigenvalue weighted by Gasteiger charge is -2.08. The third kappa shape index (κ3) is 3.31. The molecule has 3 rings (SSSR count). The molecule has 6 nitrogen and oxygen atoms in total. The van der Waals surface area contributed by atoms with Crippen LogP contribution in [0.4, 0.5) is 5.69 Å². The molecule has 0 bridgehead atoms. The molecule has 116 valence electrons. The van der Waals surface area contributed by atoms with E-state index in [1.165, 1.54) is 16.4 Å². The second-order valence-corrected chi connectivity index (χ2v) is 6.68. The van der Waals surface area contributed by atoms with E-state index < -0.39 is 0 Å². The average molecular weight is 358 g/mol. The van der Waals surface area contributed by atoms with E-state index in [-0.39, 0.29) is 11.7 Å². The van der Waals surface area contributed by atoms with Gasteiger partial charge in [0.25, 0.3) is 0 Å². The van der Waals surface area contributed by atoms with E-state index in [4.69, 9.17) is 29.0 Å². The van der Waals surface area contributed by atoms with E-state index in [1.807, 2.05) is 0 Å². The third-order valence-electron chi connectivity index (χ3n) is 3.19. The van der Waals surface area contributed by atoms with Gasteiger partial charge in [-0.05, 0) is 25.0 Å². The van der Waals surface area contributed by atoms with Gasteiger partial charge in [-0.1, -0.05) is 41.0 Å². The summed E-state index contributed by atoms with van der Waals surface area (Å²) in [5.74, 6) is 7.01. The summed E-state index contributed by atoms with van der Waals surface area (Å²) < 4.78 is 1.46. The zero-order valence-corrected chi connectivity index (χ0v) is 13.8. The van der Waals surface area contributed by atoms with Gasteiger partial charge in [0.2, 0.25) is 11.1 Å². The van der Waals surface area contributed by atoms with Crippen molar-refractivity contribution < 1.29 is 4.79 Å². The molecule has 1 aromatic carbocycles. The number of hydrogen-bond donors (Lipinski definition) is 2. The highest BCUT2D eigenvalue weighted by molar-refractivity contribution is 7.99. The molecule has 22 heavy (non-hydrogen) atoms. The number of carbonyl (C=O) groups is 1. The molecule has 1 heterocycles. The molecule has 3 N–H and O–H groups in total. The number of rotatable bonds is 5. The molecule has 0 radical (unpaired) electrons. The second-order valence-electron chi connectivity index (χ2n) is 4.92. The van der Waals surface area contributed by atoms with Crippen LogP contribution in [0.3, 0.4) is 0 Å². The standard InChI is InChI=1S/C13H13Cl2N5OS/c14-8-2-1-3-9(15)11(8)17-10(21)6-22-13-19-18-12(20(13)16)7-4-5-7/h1-3,7H,4-6,16H2,(H,17,21). The van der Waals surface area contributed by atoms with Crippen LogP contribution in [-0.2, 0) is 4.79 Å². The lowest BCUT2D eigenvalue weighted by molar-refractivity contribution is -0.113. The first-order valence-corrected chi connectivity index (χ1v) is 8.37. The van der Waals surface area contributed by atoms with Crippen LogP contribution < -0.4 is 11.2 Å². The maximum absolute atomic E-state index is 12.0. The molecular weight excluding hydrogens is 345 g/mol. The number of amides is 1. The fourth-order valence-electron chi connectivity index (χ4n) is 1.93. The third-order valence-corrected chi connectivity index (χ3v) is 4.77. The molecule has 1 aromatic heterocycles. The van der Waals surface area contributed by atoms with E-state index in [0.29, 0.717) is 26.8 Å². The number of para-hydroxylation sites is 1. The number of hydrogen-bond acceptors (Lipinski definition) is 5. The normalized spacial score (nSPS) is 14.1. The van der Waals surface area contributed by atoms with Crippen LogP contribution in [0.5, 0.6) is 0 Å². The van der Waals surface area contributed by atoms with Crippen LogP contribution in [0, 0.1) is 0 Å². The monoisotopic (exact) mass is 357 g/mol. The first kappa shape index (κ1) is 15.5. The minimum atomic E-state index is -0.240. The largest absolute Gasteiger partial charge is 0.336 e. The lowest BCUT2D eigenvalue weighted by atomic mass is 10.3. The van der Waals surface area contributed by atoms with Crippen LogP contribution >= 0.6 is 35.0 Å². The van der Waals surface area contributed by atoms with Gasteiger partial charge in [-0.25, -0.2) is 4.68 Å². The van der Waals surface area contributed by atoms with Gasteiger partial charge in [0, 0.05) is 5.92 Å². The predicted molar refractivity (Wildman–Crippen MR) is 88.0 cm³/mol. The first-order chi connectivity index (χ1) is 10.6. The summed E-state index contributed by atoms with van der Waals surface area (Å²) in [6.07, 6.45) is 2.18. The Hall–Kier alpha value is -1.44. The van der Waals surface area contributed by atoms with Crippen molar-refractivity contribution >= 4 is 46.6 Å². The van der Waals surface area contributed by atoms with E-state index >= 15 is 0 Å². The Morgan fingerprint density at radius 2 is 2.05 bits per heavy atom. The molecule has 0 unspecified atom stereocenters. The van der Waals surface area contributed by atoms with Crippen molar-refractivity contribution in [3.05, 3.63) is 34.1 Å². The van der Waals surface area contributed by atoms with Crippen molar-refractivity contribution in [3.63, 3.8) is 0 Å². The van der Waals surface area contributed by atoms with Crippen molar-refractivity contribution in [2.45, 2.75) is 23.9 Å². The molecule has 9 heteroatoms. The summed E-state index contributed by atoms with van der Waals surface area (Å²) in [6.45, 7) is 0. The van der Waals surface area contributed by atoms with Gasteiger partial charge in [-0.3, -0.25) is 4.79 Å². The number of aromatic nitrogens is 3. The molecule has 0 atom stereocenters. The van der Waals surface area contributed by atoms with Gasteiger partial charge in [0.05, 0.1) is 21.5 Å². The number of halogens is 2. The van der Waals surface area contributed by atoms with Gasteiger partial charge < -0.3 is 11.2 Å². The SMILES string of the molecule is Nn1c(SCC(=O)Nc2c(Cl)cccc2Cl)nnc1C1CC1. The zero-order valence-electron chi connectivity index (χ0n) is 11.4. The molecule has 1 fully saturated rings. The molecule has 0 saturated heterocycles. The maximum atomic E-state index is 12.0. The number of nitrogens with zero attached hydrogens (tertiary/aromatic N) is 3. The van der Waals surface area contributed by atoms with Gasteiger partial charge in [-0.2, -0.15) is 0 Å². The van der Waals surface area contributed by atoms with Crippen molar-refractivity contribution in [2.75, 3.05) is 16.9 Å². The van der Waals surface area contributed by atoms with Crippen molar-refractivity contribution in [3.8, 4) is 0 Å². The fourth-order valence-corrected chi connectivity index (χ4v) is 3.08. The van der Waals surface area contributed by atoms with Gasteiger partial charge in [0.1, 0.15) is 0 Å². The average Bonchev–Trinajstić information content (AvgIpc) is 3.25. The molecule has 1 saturated carbocycles. The Balaban J connectivity index is 1.61. The van der Waals surface area contributed by atoms with Gasteiger partial charge in [0.15, 0.2) is 5.82 Å². The van der Waals surface area contributed by atoms with Crippen LogP contribution in [0.1, 0.15) is 24.6 Å². The molecule has 0 aliphatic heterocycles. The molecule has 2 aromatic rings. The van der Waals surface area contributed by atoms with Gasteiger partial charge >= 0.3 is 0 Å². The van der Waals surface area contributed by atoms with Crippen LogP contribution in [0.15, 0.2) is 23.4 Å². The van der Waals surface area contributed by atoms with Crippen molar-refractivity contribution in [1.29, 1.82) is 0 Å². The summed E-state index contributed by atoms with van der Waals surface area (Å²) in [4.78, 5) is 12.0. The number of nitrogen functional groups attached to an aromatic ring is 1. The molecule has 0 spiro atoms. The lowest BCUT2D eigenvalue weighted by Crippen LogP contribution is -2.17. The highest BCUT2D eigenvalue weighted by atomic mass is 35.5. The topological polar surface area (TPSA) is 85.8 Å². The highest BCUT2D eigenvalue weighted by Gasteiger charge is 2.30. The van der Waals surface area contributed by atoms with E-state index in [2.05, 4.69) is 15.5 Å². The van der Waals surface area contributed by atoms with Crippen molar-refractivity contribution in [1.82, 2.24) is 14.9 Å². The van der Waals surface area contributed by atoms with Crippen LogP contribution in [0.2, 0.25) is 10.0 Å². The summed E-state index contributed by atoms with van der Waals surface area (Å²) in [6, 6.07) is 5.04.